The van der Waals surface area contributed by atoms with Gasteiger partial charge in [0, 0.05) is 38.6 Å². The number of thiocarbonyl (C=S) groups is 1. The van der Waals surface area contributed by atoms with E-state index in [4.69, 9.17) is 17.5 Å². The fourth-order valence-corrected chi connectivity index (χ4v) is 4.00. The first-order valence-electron chi connectivity index (χ1n) is 9.91. The molecule has 3 heterocycles. The number of fused-ring (bicyclic) bond motifs is 1. The lowest BCUT2D eigenvalue weighted by molar-refractivity contribution is 0.441. The highest BCUT2D eigenvalue weighted by molar-refractivity contribution is 7.80. The van der Waals surface area contributed by atoms with Gasteiger partial charge in [0.15, 0.2) is 5.11 Å². The zero-order valence-corrected chi connectivity index (χ0v) is 17.0. The van der Waals surface area contributed by atoms with E-state index in [2.05, 4.69) is 42.4 Å². The van der Waals surface area contributed by atoms with Gasteiger partial charge in [-0.3, -0.25) is 10.4 Å². The zero-order chi connectivity index (χ0) is 20.1. The molecule has 0 unspecified atom stereocenters. The Hall–Kier alpha value is -3.05. The highest BCUT2D eigenvalue weighted by atomic mass is 32.1. The highest BCUT2D eigenvalue weighted by Gasteiger charge is 2.20. The van der Waals surface area contributed by atoms with Crippen molar-refractivity contribution in [3.05, 3.63) is 53.5 Å². The predicted octanol–water partition coefficient (Wildman–Crippen LogP) is 2.48. The number of aryl methyl sites for hydroxylation is 1. The molecule has 8 heteroatoms. The van der Waals surface area contributed by atoms with Crippen molar-refractivity contribution in [2.24, 2.45) is 5.10 Å². The molecule has 2 aromatic rings. The molecule has 0 bridgehead atoms. The summed E-state index contributed by atoms with van der Waals surface area (Å²) in [5.74, 6) is 0.843. The Balaban J connectivity index is 1.39. The van der Waals surface area contributed by atoms with Crippen molar-refractivity contribution >= 4 is 28.9 Å². The maximum Gasteiger partial charge on any atom is 0.189 e. The number of rotatable bonds is 2. The third-order valence-electron chi connectivity index (χ3n) is 5.29. The number of nitrogens with one attached hydrogen (secondary N) is 1. The molecule has 1 fully saturated rings. The van der Waals surface area contributed by atoms with Gasteiger partial charge in [-0.15, -0.1) is 0 Å². The molecule has 148 valence electrons. The van der Waals surface area contributed by atoms with Crippen molar-refractivity contribution in [3.63, 3.8) is 0 Å². The maximum atomic E-state index is 9.11. The van der Waals surface area contributed by atoms with Crippen molar-refractivity contribution in [2.75, 3.05) is 31.1 Å². The fraction of sp³-hybridized carbons (Fsp3) is 0.381. The molecule has 0 radical (unpaired) electrons. The minimum atomic E-state index is 0.630. The van der Waals surface area contributed by atoms with Gasteiger partial charge in [0.1, 0.15) is 5.82 Å². The van der Waals surface area contributed by atoms with E-state index in [0.29, 0.717) is 10.7 Å². The molecule has 1 aliphatic carbocycles. The first kappa shape index (κ1) is 19.3. The molecule has 0 saturated carbocycles. The van der Waals surface area contributed by atoms with Crippen molar-refractivity contribution < 1.29 is 0 Å². The van der Waals surface area contributed by atoms with Crippen molar-refractivity contribution in [2.45, 2.75) is 25.7 Å². The van der Waals surface area contributed by atoms with E-state index < -0.39 is 0 Å². The molecule has 1 saturated heterocycles. The van der Waals surface area contributed by atoms with E-state index in [-0.39, 0.29) is 0 Å². The molecule has 1 N–H and O–H groups in total. The number of hydrogen-bond donors (Lipinski definition) is 1. The first-order chi connectivity index (χ1) is 14.2. The van der Waals surface area contributed by atoms with Crippen LogP contribution in [0.25, 0.3) is 0 Å². The number of pyridine rings is 2. The van der Waals surface area contributed by atoms with Crippen LogP contribution in [0, 0.1) is 11.3 Å². The van der Waals surface area contributed by atoms with Gasteiger partial charge in [-0.05, 0) is 61.7 Å². The largest absolute Gasteiger partial charge is 0.355 e. The monoisotopic (exact) mass is 405 g/mol. The van der Waals surface area contributed by atoms with Crippen LogP contribution in [0.15, 0.2) is 41.8 Å². The van der Waals surface area contributed by atoms with Gasteiger partial charge < -0.3 is 9.80 Å². The molecule has 1 aliphatic heterocycles. The summed E-state index contributed by atoms with van der Waals surface area (Å²) in [5.41, 5.74) is 6.94. The lowest BCUT2D eigenvalue weighted by Gasteiger charge is -2.24. The quantitative estimate of drug-likeness (QED) is 0.607. The molecule has 29 heavy (non-hydrogen) atoms. The van der Waals surface area contributed by atoms with Crippen LogP contribution in [0.5, 0.6) is 0 Å². The Bertz CT molecular complexity index is 965. The molecular formula is C21H23N7S. The first-order valence-corrected chi connectivity index (χ1v) is 10.3. The molecule has 2 aromatic heterocycles. The fourth-order valence-electron chi connectivity index (χ4n) is 3.77. The van der Waals surface area contributed by atoms with Crippen LogP contribution in [-0.2, 0) is 6.42 Å². The Morgan fingerprint density at radius 1 is 1.10 bits per heavy atom. The van der Waals surface area contributed by atoms with Gasteiger partial charge in [0.2, 0.25) is 0 Å². The van der Waals surface area contributed by atoms with E-state index in [1.54, 1.807) is 12.3 Å². The topological polar surface area (TPSA) is 80.4 Å². The Labute approximate surface area is 176 Å². The number of hydrogen-bond acceptors (Lipinski definition) is 6. The van der Waals surface area contributed by atoms with E-state index in [9.17, 15) is 0 Å². The standard InChI is InChI=1S/C21H23N7S/c22-15-16-7-9-23-19(14-16)27-10-3-11-28(13-12-27)21(29)26-25-18-6-1-4-17-5-2-8-24-20(17)18/h2,5,7-9,14H,1,3-4,6,10-13H2,(H,26,29)/b25-18+. The lowest BCUT2D eigenvalue weighted by Crippen LogP contribution is -2.40. The normalized spacial score (nSPS) is 18.0. The summed E-state index contributed by atoms with van der Waals surface area (Å²) < 4.78 is 0. The van der Waals surface area contributed by atoms with Gasteiger partial charge in [0.05, 0.1) is 23.0 Å². The van der Waals surface area contributed by atoms with Gasteiger partial charge in [-0.2, -0.15) is 10.4 Å². The SMILES string of the molecule is N#Cc1ccnc(N2CCCN(C(=S)N/N=C3\CCCc4cccnc43)CC2)c1. The molecule has 0 atom stereocenters. The van der Waals surface area contributed by atoms with Crippen LogP contribution in [0.1, 0.15) is 36.1 Å². The third kappa shape index (κ3) is 4.51. The van der Waals surface area contributed by atoms with Gasteiger partial charge in [-0.25, -0.2) is 4.98 Å². The summed E-state index contributed by atoms with van der Waals surface area (Å²) in [7, 11) is 0. The van der Waals surface area contributed by atoms with Crippen LogP contribution in [-0.4, -0.2) is 51.9 Å². The maximum absolute atomic E-state index is 9.11. The third-order valence-corrected chi connectivity index (χ3v) is 5.64. The summed E-state index contributed by atoms with van der Waals surface area (Å²) >= 11 is 5.61. The number of nitrogens with zero attached hydrogens (tertiary/aromatic N) is 6. The summed E-state index contributed by atoms with van der Waals surface area (Å²) in [6.45, 7) is 3.32. The number of hydrazone groups is 1. The lowest BCUT2D eigenvalue weighted by atomic mass is 9.95. The van der Waals surface area contributed by atoms with Crippen LogP contribution in [0.2, 0.25) is 0 Å². The number of nitriles is 1. The molecule has 0 spiro atoms. The van der Waals surface area contributed by atoms with Gasteiger partial charge in [-0.1, -0.05) is 6.07 Å². The molecule has 4 rings (SSSR count). The smallest absolute Gasteiger partial charge is 0.189 e. The minimum Gasteiger partial charge on any atom is -0.355 e. The molecule has 0 aromatic carbocycles. The Morgan fingerprint density at radius 2 is 2.03 bits per heavy atom. The van der Waals surface area contributed by atoms with Crippen LogP contribution < -0.4 is 10.3 Å². The van der Waals surface area contributed by atoms with Crippen molar-refractivity contribution in [1.82, 2.24) is 20.3 Å². The Kier molecular flexibility index (Phi) is 5.96. The summed E-state index contributed by atoms with van der Waals surface area (Å²) in [6.07, 6.45) is 7.51. The second-order valence-corrected chi connectivity index (χ2v) is 7.57. The molecule has 0 amide bonds. The van der Waals surface area contributed by atoms with Crippen molar-refractivity contribution in [3.8, 4) is 6.07 Å². The van der Waals surface area contributed by atoms with Crippen LogP contribution in [0.3, 0.4) is 0 Å². The number of aromatic nitrogens is 2. The van der Waals surface area contributed by atoms with E-state index in [1.807, 2.05) is 18.3 Å². The highest BCUT2D eigenvalue weighted by Crippen LogP contribution is 2.19. The second kappa shape index (κ2) is 8.97. The summed E-state index contributed by atoms with van der Waals surface area (Å²) in [6, 6.07) is 9.84. The van der Waals surface area contributed by atoms with Crippen molar-refractivity contribution in [1.29, 1.82) is 5.26 Å². The van der Waals surface area contributed by atoms with E-state index >= 15 is 0 Å². The summed E-state index contributed by atoms with van der Waals surface area (Å²) in [4.78, 5) is 13.3. The van der Waals surface area contributed by atoms with Crippen LogP contribution in [0.4, 0.5) is 5.82 Å². The molecule has 2 aliphatic rings. The average molecular weight is 406 g/mol. The summed E-state index contributed by atoms with van der Waals surface area (Å²) in [5, 5.41) is 14.3. The predicted molar refractivity (Wildman–Crippen MR) is 117 cm³/mol. The number of anilines is 1. The van der Waals surface area contributed by atoms with Gasteiger partial charge >= 0.3 is 0 Å². The van der Waals surface area contributed by atoms with E-state index in [0.717, 1.165) is 69.1 Å². The van der Waals surface area contributed by atoms with Gasteiger partial charge in [0.25, 0.3) is 0 Å². The minimum absolute atomic E-state index is 0.630. The Morgan fingerprint density at radius 3 is 2.93 bits per heavy atom. The molecule has 7 nitrogen and oxygen atoms in total. The van der Waals surface area contributed by atoms with Crippen LogP contribution >= 0.6 is 12.2 Å². The molecular weight excluding hydrogens is 382 g/mol. The zero-order valence-electron chi connectivity index (χ0n) is 16.2. The van der Waals surface area contributed by atoms with E-state index in [1.165, 1.54) is 5.56 Å². The second-order valence-electron chi connectivity index (χ2n) is 7.18. The average Bonchev–Trinajstić information content (AvgIpc) is 3.04.